The highest BCUT2D eigenvalue weighted by atomic mass is 32.2. The SMILES string of the molecule is CC[C@@H]1C(=O)[C@H](C)[C@@H](O[C@H]2C[C@@](C)(OC)[C@@H](O[Si](C)(C)C)[C@H](C)O2)[C@H](C)[C@@H](O[C@H]2O[C@H](C)C[C@H](N(C)C)[C@H]2O[Si](C)(C)C)[C@](C)(O)C[C@@H](C)/C(=N\OC2Sc3ccccc3S2)[C@H](C)[C@@H](O)C[C@]1(C)O. The van der Waals surface area contributed by atoms with Crippen LogP contribution in [0.3, 0.4) is 0 Å². The number of carbonyl (C=O) groups excluding carboxylic acids is 1. The Kier molecular flexibility index (Phi) is 19.9. The molecule has 2 saturated heterocycles. The molecule has 0 radical (unpaired) electrons. The van der Waals surface area contributed by atoms with E-state index in [0.717, 1.165) is 9.79 Å². The zero-order valence-electron chi connectivity index (χ0n) is 45.3. The van der Waals surface area contributed by atoms with Gasteiger partial charge in [-0.3, -0.25) is 4.79 Å². The number of ketones is 1. The number of Topliss-reactive ketones (excluding diaryl/α,β-unsaturated/α-hetero) is 1. The van der Waals surface area contributed by atoms with Crippen molar-refractivity contribution in [1.29, 1.82) is 0 Å². The smallest absolute Gasteiger partial charge is 0.227 e. The molecule has 69 heavy (non-hydrogen) atoms. The minimum Gasteiger partial charge on any atom is -0.409 e. The molecule has 1 aromatic carbocycles. The Hall–Kier alpha value is -0.946. The van der Waals surface area contributed by atoms with Crippen LogP contribution < -0.4 is 0 Å². The average molecular weight is 1040 g/mol. The lowest BCUT2D eigenvalue weighted by Gasteiger charge is -2.51. The van der Waals surface area contributed by atoms with Crippen LogP contribution in [-0.2, 0) is 42.2 Å². The van der Waals surface area contributed by atoms with E-state index in [9.17, 15) is 15.3 Å². The van der Waals surface area contributed by atoms with Crippen LogP contribution in [0.15, 0.2) is 39.2 Å². The van der Waals surface area contributed by atoms with Gasteiger partial charge < -0.3 is 57.6 Å². The second-order valence-corrected chi connectivity index (χ2v) is 35.0. The lowest BCUT2D eigenvalue weighted by atomic mass is 9.69. The fraction of sp³-hybridized carbons (Fsp3) is 0.843. The Morgan fingerprint density at radius 3 is 1.94 bits per heavy atom. The lowest BCUT2D eigenvalue weighted by molar-refractivity contribution is -0.314. The van der Waals surface area contributed by atoms with Gasteiger partial charge in [0.05, 0.1) is 59.1 Å². The molecule has 18 atom stereocenters. The molecule has 1 aromatic rings. The van der Waals surface area contributed by atoms with Gasteiger partial charge in [0, 0.05) is 65.4 Å². The molecule has 5 rings (SSSR count). The number of aliphatic hydroxyl groups excluding tert-OH is 1. The van der Waals surface area contributed by atoms with E-state index in [-0.39, 0.29) is 41.6 Å². The number of aliphatic hydroxyl groups is 3. The van der Waals surface area contributed by atoms with Crippen LogP contribution in [0, 0.1) is 29.6 Å². The minimum atomic E-state index is -2.21. The van der Waals surface area contributed by atoms with Crippen LogP contribution in [0.5, 0.6) is 0 Å². The summed E-state index contributed by atoms with van der Waals surface area (Å²) < 4.78 is 47.5. The van der Waals surface area contributed by atoms with Gasteiger partial charge in [0.25, 0.3) is 0 Å². The molecular weight excluding hydrogens is 953 g/mol. The highest BCUT2D eigenvalue weighted by Gasteiger charge is 2.54. The summed E-state index contributed by atoms with van der Waals surface area (Å²) in [6.07, 6.45) is -5.02. The number of nitrogens with zero attached hydrogens (tertiary/aromatic N) is 2. The first-order chi connectivity index (χ1) is 31.8. The largest absolute Gasteiger partial charge is 0.409 e. The zero-order chi connectivity index (χ0) is 51.8. The van der Waals surface area contributed by atoms with E-state index in [1.807, 2.05) is 81.6 Å². The summed E-state index contributed by atoms with van der Waals surface area (Å²) in [5.74, 6) is -3.77. The summed E-state index contributed by atoms with van der Waals surface area (Å²) in [4.78, 5) is 26.0. The van der Waals surface area contributed by atoms with Crippen LogP contribution >= 0.6 is 23.5 Å². The Labute approximate surface area is 425 Å². The van der Waals surface area contributed by atoms with Crippen LogP contribution in [0.25, 0.3) is 0 Å². The molecule has 0 bridgehead atoms. The lowest BCUT2D eigenvalue weighted by Crippen LogP contribution is -2.62. The summed E-state index contributed by atoms with van der Waals surface area (Å²) in [6, 6.07) is 8.04. The van der Waals surface area contributed by atoms with Gasteiger partial charge in [-0.2, -0.15) is 0 Å². The molecule has 4 aliphatic rings. The number of hydrogen-bond acceptors (Lipinski definition) is 16. The summed E-state index contributed by atoms with van der Waals surface area (Å²) in [7, 11) is 1.48. The van der Waals surface area contributed by atoms with Gasteiger partial charge in [-0.25, -0.2) is 0 Å². The van der Waals surface area contributed by atoms with Crippen molar-refractivity contribution in [3.63, 3.8) is 0 Å². The van der Waals surface area contributed by atoms with E-state index in [1.165, 1.54) is 0 Å². The molecule has 14 nitrogen and oxygen atoms in total. The van der Waals surface area contributed by atoms with Crippen molar-refractivity contribution in [1.82, 2.24) is 4.90 Å². The standard InChI is InChI=1S/C51H90N2O12S2Si2/c1-20-35-42(55)32(5)43(61-40-28-51(10,58-13)46(34(7)60-40)65-69(17,18)19)33(6)45(62-47-44(64-68(14,15)16)36(53(11)12)25-30(3)59-47)50(9,57)26-29(2)41(31(4)37(54)27-49(35,8)56)52-63-48-66-38-23-21-22-24-39(38)67-48/h21-24,29-37,40,43-48,54,56-57H,20,25-28H2,1-19H3/b52-41+/t29-,30-,31-,32+,33+,34+,35-,36+,37+,40+,43-,44-,45-,46+,47-,49+,50-,51-/m1/s1. The molecule has 396 valence electrons. The van der Waals surface area contributed by atoms with E-state index in [0.29, 0.717) is 25.0 Å². The second-order valence-electron chi connectivity index (χ2n) is 23.6. The van der Waals surface area contributed by atoms with Gasteiger partial charge in [0.2, 0.25) is 4.77 Å². The van der Waals surface area contributed by atoms with Crippen molar-refractivity contribution in [2.75, 3.05) is 21.2 Å². The number of carbonyl (C=O) groups is 1. The fourth-order valence-electron chi connectivity index (χ4n) is 11.2. The molecule has 3 heterocycles. The molecule has 0 amide bonds. The van der Waals surface area contributed by atoms with Crippen molar-refractivity contribution < 1.29 is 57.5 Å². The quantitative estimate of drug-likeness (QED) is 0.126. The number of thioether (sulfide) groups is 2. The zero-order valence-corrected chi connectivity index (χ0v) is 48.9. The van der Waals surface area contributed by atoms with Crippen molar-refractivity contribution in [3.05, 3.63) is 24.3 Å². The summed E-state index contributed by atoms with van der Waals surface area (Å²) in [6.45, 7) is 31.8. The average Bonchev–Trinajstić information content (AvgIpc) is 3.65. The predicted octanol–water partition coefficient (Wildman–Crippen LogP) is 9.15. The normalized spacial score (nSPS) is 42.1. The number of hydrogen-bond donors (Lipinski definition) is 3. The van der Waals surface area contributed by atoms with Gasteiger partial charge in [-0.1, -0.05) is 75.4 Å². The summed E-state index contributed by atoms with van der Waals surface area (Å²) in [5, 5.41) is 42.7. The molecule has 0 unspecified atom stereocenters. The minimum absolute atomic E-state index is 0.0610. The number of oxime groups is 1. The molecule has 1 aliphatic carbocycles. The first-order valence-electron chi connectivity index (χ1n) is 25.3. The van der Waals surface area contributed by atoms with Gasteiger partial charge in [-0.15, -0.1) is 0 Å². The summed E-state index contributed by atoms with van der Waals surface area (Å²) >= 11 is 3.13. The summed E-state index contributed by atoms with van der Waals surface area (Å²) in [5.41, 5.74) is -3.54. The maximum absolute atomic E-state index is 15.3. The first kappa shape index (κ1) is 58.9. The third kappa shape index (κ3) is 14.7. The molecule has 3 fully saturated rings. The maximum Gasteiger partial charge on any atom is 0.227 e. The monoisotopic (exact) mass is 1040 g/mol. The molecule has 0 aromatic heterocycles. The number of methoxy groups -OCH3 is 1. The van der Waals surface area contributed by atoms with Crippen LogP contribution in [0.1, 0.15) is 101 Å². The number of fused-ring (bicyclic) bond motifs is 1. The van der Waals surface area contributed by atoms with Crippen LogP contribution in [0.4, 0.5) is 0 Å². The van der Waals surface area contributed by atoms with E-state index in [1.54, 1.807) is 44.5 Å². The Morgan fingerprint density at radius 2 is 1.41 bits per heavy atom. The first-order valence-corrected chi connectivity index (χ1v) is 33.9. The Bertz CT molecular complexity index is 1860. The third-order valence-electron chi connectivity index (χ3n) is 14.7. The fourth-order valence-corrected chi connectivity index (χ4v) is 15.9. The molecule has 18 heteroatoms. The van der Waals surface area contributed by atoms with E-state index in [2.05, 4.69) is 56.3 Å². The van der Waals surface area contributed by atoms with Crippen molar-refractivity contribution in [3.8, 4) is 0 Å². The Morgan fingerprint density at radius 1 is 0.812 bits per heavy atom. The van der Waals surface area contributed by atoms with Gasteiger partial charge in [-0.05, 0) is 119 Å². The maximum atomic E-state index is 15.3. The topological polar surface area (TPSA) is 167 Å². The van der Waals surface area contributed by atoms with Crippen molar-refractivity contribution >= 4 is 51.7 Å². The molecular formula is C51H90N2O12S2Si2. The number of benzene rings is 1. The third-order valence-corrected chi connectivity index (χ3v) is 19.1. The predicted molar refractivity (Wildman–Crippen MR) is 279 cm³/mol. The van der Waals surface area contributed by atoms with Crippen LogP contribution in [-0.4, -0.2) is 152 Å². The molecule has 3 N–H and O–H groups in total. The van der Waals surface area contributed by atoms with Gasteiger partial charge in [0.1, 0.15) is 11.9 Å². The van der Waals surface area contributed by atoms with E-state index >= 15 is 4.79 Å². The van der Waals surface area contributed by atoms with E-state index < -0.39 is 106 Å². The number of rotatable bonds is 13. The van der Waals surface area contributed by atoms with Crippen molar-refractivity contribution in [2.45, 2.75) is 233 Å². The van der Waals surface area contributed by atoms with Crippen molar-refractivity contribution in [2.24, 2.45) is 34.7 Å². The molecule has 0 spiro atoms. The highest BCUT2D eigenvalue weighted by Crippen LogP contribution is 2.49. The van der Waals surface area contributed by atoms with Crippen LogP contribution in [0.2, 0.25) is 39.3 Å². The number of ether oxygens (including phenoxy) is 5. The Balaban J connectivity index is 1.66. The van der Waals surface area contributed by atoms with E-state index in [4.69, 9.17) is 42.5 Å². The highest BCUT2D eigenvalue weighted by molar-refractivity contribution is 8.19. The number of likely N-dealkylation sites (N-methyl/N-ethyl adjacent to an activating group) is 1. The molecule has 1 saturated carbocycles. The second kappa shape index (κ2) is 23.3. The van der Waals surface area contributed by atoms with Gasteiger partial charge >= 0.3 is 0 Å². The van der Waals surface area contributed by atoms with Gasteiger partial charge in [0.15, 0.2) is 29.2 Å². The molecule has 3 aliphatic heterocycles.